The smallest absolute Gasteiger partial charge is 0.137 e. The molecule has 0 saturated heterocycles. The SMILES string of the molecule is c1ccc(-c2ccc(N(c3ccc(-c4ccccc4)cc3-c3ccccc3)c3cccc4oc5cc6sc(-c7ccccc7)nc6cc5c34)cc2)cc1. The van der Waals surface area contributed by atoms with E-state index in [1.165, 1.54) is 22.3 Å². The highest BCUT2D eigenvalue weighted by Gasteiger charge is 2.23. The molecule has 0 bridgehead atoms. The van der Waals surface area contributed by atoms with Gasteiger partial charge in [-0.15, -0.1) is 11.3 Å². The van der Waals surface area contributed by atoms with Crippen LogP contribution < -0.4 is 4.90 Å². The van der Waals surface area contributed by atoms with Gasteiger partial charge in [-0.3, -0.25) is 0 Å². The Morgan fingerprint density at radius 1 is 0.434 bits per heavy atom. The Balaban J connectivity index is 1.22. The maximum atomic E-state index is 6.66. The second-order valence-electron chi connectivity index (χ2n) is 13.2. The van der Waals surface area contributed by atoms with Gasteiger partial charge in [-0.2, -0.15) is 0 Å². The van der Waals surface area contributed by atoms with Crippen LogP contribution in [0.15, 0.2) is 199 Å². The Kier molecular flexibility index (Phi) is 7.67. The summed E-state index contributed by atoms with van der Waals surface area (Å²) in [6.07, 6.45) is 0. The zero-order valence-corrected chi connectivity index (χ0v) is 29.5. The maximum absolute atomic E-state index is 6.66. The van der Waals surface area contributed by atoms with E-state index in [9.17, 15) is 0 Å². The summed E-state index contributed by atoms with van der Waals surface area (Å²) in [7, 11) is 0. The number of aromatic nitrogens is 1. The standard InChI is InChI=1S/C49H32N2OS/c1-5-14-33(15-6-1)35-24-27-39(28-25-35)51(43-29-26-38(34-16-7-2-8-17-34)30-40(43)36-18-9-3-10-19-36)44-22-13-23-45-48(44)41-31-42-47(32-46(41)52-45)53-49(50-42)37-20-11-4-12-21-37/h1-32H. The number of fused-ring (bicyclic) bond motifs is 4. The molecule has 2 heterocycles. The van der Waals surface area contributed by atoms with Gasteiger partial charge in [-0.25, -0.2) is 4.98 Å². The number of nitrogens with zero attached hydrogens (tertiary/aromatic N) is 2. The first-order valence-electron chi connectivity index (χ1n) is 17.8. The number of anilines is 3. The van der Waals surface area contributed by atoms with Gasteiger partial charge < -0.3 is 9.32 Å². The molecule has 0 saturated carbocycles. The minimum absolute atomic E-state index is 0.839. The molecular formula is C49H32N2OS. The lowest BCUT2D eigenvalue weighted by Gasteiger charge is -2.29. The molecule has 4 heteroatoms. The summed E-state index contributed by atoms with van der Waals surface area (Å²) in [5.74, 6) is 0. The molecule has 10 aromatic rings. The fraction of sp³-hybridized carbons (Fsp3) is 0. The van der Waals surface area contributed by atoms with Crippen LogP contribution in [-0.4, -0.2) is 4.98 Å². The van der Waals surface area contributed by atoms with Crippen molar-refractivity contribution in [2.75, 3.05) is 4.90 Å². The van der Waals surface area contributed by atoms with Gasteiger partial charge >= 0.3 is 0 Å². The van der Waals surface area contributed by atoms with E-state index in [0.29, 0.717) is 0 Å². The summed E-state index contributed by atoms with van der Waals surface area (Å²) >= 11 is 1.70. The van der Waals surface area contributed by atoms with Crippen molar-refractivity contribution in [2.45, 2.75) is 0 Å². The van der Waals surface area contributed by atoms with Crippen molar-refractivity contribution in [2.24, 2.45) is 0 Å². The van der Waals surface area contributed by atoms with Crippen LogP contribution in [0, 0.1) is 0 Å². The third-order valence-electron chi connectivity index (χ3n) is 9.91. The normalized spacial score (nSPS) is 11.4. The van der Waals surface area contributed by atoms with Crippen LogP contribution in [0.1, 0.15) is 0 Å². The Hall–Kier alpha value is -6.75. The number of hydrogen-bond donors (Lipinski definition) is 0. The summed E-state index contributed by atoms with van der Waals surface area (Å²) in [5, 5.41) is 3.10. The van der Waals surface area contributed by atoms with Crippen molar-refractivity contribution in [1.29, 1.82) is 0 Å². The fourth-order valence-electron chi connectivity index (χ4n) is 7.35. The molecule has 10 rings (SSSR count). The number of benzene rings is 8. The molecule has 0 radical (unpaired) electrons. The lowest BCUT2D eigenvalue weighted by molar-refractivity contribution is 0.669. The van der Waals surface area contributed by atoms with Gasteiger partial charge in [-0.05, 0) is 70.3 Å². The molecule has 0 N–H and O–H groups in total. The monoisotopic (exact) mass is 696 g/mol. The first-order chi connectivity index (χ1) is 26.3. The first kappa shape index (κ1) is 31.0. The van der Waals surface area contributed by atoms with E-state index in [-0.39, 0.29) is 0 Å². The molecule has 0 aliphatic heterocycles. The van der Waals surface area contributed by atoms with E-state index in [4.69, 9.17) is 9.40 Å². The summed E-state index contributed by atoms with van der Waals surface area (Å²) in [6.45, 7) is 0. The van der Waals surface area contributed by atoms with E-state index in [1.54, 1.807) is 11.3 Å². The Morgan fingerprint density at radius 3 is 1.70 bits per heavy atom. The topological polar surface area (TPSA) is 29.3 Å². The second-order valence-corrected chi connectivity index (χ2v) is 14.2. The molecule has 0 spiro atoms. The van der Waals surface area contributed by atoms with E-state index in [1.807, 2.05) is 6.07 Å². The predicted molar refractivity (Wildman–Crippen MR) is 223 cm³/mol. The number of hydrogen-bond acceptors (Lipinski definition) is 4. The van der Waals surface area contributed by atoms with Crippen LogP contribution in [0.4, 0.5) is 17.1 Å². The zero-order chi connectivity index (χ0) is 35.1. The second kappa shape index (κ2) is 13.1. The van der Waals surface area contributed by atoms with Crippen molar-refractivity contribution in [3.8, 4) is 44.0 Å². The van der Waals surface area contributed by atoms with Crippen molar-refractivity contribution in [1.82, 2.24) is 4.98 Å². The quantitative estimate of drug-likeness (QED) is 0.166. The van der Waals surface area contributed by atoms with Crippen LogP contribution in [0.2, 0.25) is 0 Å². The van der Waals surface area contributed by atoms with Crippen molar-refractivity contribution in [3.05, 3.63) is 194 Å². The summed E-state index contributed by atoms with van der Waals surface area (Å²) in [6, 6.07) is 68.7. The number of furan rings is 1. The van der Waals surface area contributed by atoms with Gasteiger partial charge in [0.25, 0.3) is 0 Å². The summed E-state index contributed by atoms with van der Waals surface area (Å²) in [4.78, 5) is 7.50. The lowest BCUT2D eigenvalue weighted by Crippen LogP contribution is -2.11. The molecule has 0 aliphatic rings. The minimum atomic E-state index is 0.839. The van der Waals surface area contributed by atoms with Crippen molar-refractivity contribution in [3.63, 3.8) is 0 Å². The van der Waals surface area contributed by atoms with E-state index < -0.39 is 0 Å². The van der Waals surface area contributed by atoms with Crippen LogP contribution in [0.5, 0.6) is 0 Å². The Bertz CT molecular complexity index is 2860. The largest absolute Gasteiger partial charge is 0.456 e. The number of rotatable bonds is 7. The third-order valence-corrected chi connectivity index (χ3v) is 11.0. The molecule has 250 valence electrons. The van der Waals surface area contributed by atoms with Crippen LogP contribution in [0.3, 0.4) is 0 Å². The third kappa shape index (κ3) is 5.66. The van der Waals surface area contributed by atoms with Gasteiger partial charge in [0.2, 0.25) is 0 Å². The highest BCUT2D eigenvalue weighted by Crippen LogP contribution is 2.48. The van der Waals surface area contributed by atoms with Gasteiger partial charge in [0.1, 0.15) is 16.2 Å². The maximum Gasteiger partial charge on any atom is 0.137 e. The summed E-state index contributed by atoms with van der Waals surface area (Å²) < 4.78 is 7.76. The predicted octanol–water partition coefficient (Wildman–Crippen LogP) is 14.3. The van der Waals surface area contributed by atoms with Gasteiger partial charge in [-0.1, -0.05) is 146 Å². The molecule has 0 unspecified atom stereocenters. The fourth-order valence-corrected chi connectivity index (χ4v) is 8.33. The van der Waals surface area contributed by atoms with E-state index in [0.717, 1.165) is 70.9 Å². The minimum Gasteiger partial charge on any atom is -0.456 e. The summed E-state index contributed by atoms with van der Waals surface area (Å²) in [5.41, 5.74) is 13.9. The average molecular weight is 697 g/mol. The molecule has 0 fully saturated rings. The van der Waals surface area contributed by atoms with Gasteiger partial charge in [0.05, 0.1) is 27.0 Å². The lowest BCUT2D eigenvalue weighted by atomic mass is 9.95. The molecule has 0 aliphatic carbocycles. The molecule has 0 atom stereocenters. The van der Waals surface area contributed by atoms with Crippen molar-refractivity contribution >= 4 is 60.6 Å². The first-order valence-corrected chi connectivity index (χ1v) is 18.6. The Morgan fingerprint density at radius 2 is 1.02 bits per heavy atom. The van der Waals surface area contributed by atoms with Gasteiger partial charge in [0, 0.05) is 28.3 Å². The molecule has 53 heavy (non-hydrogen) atoms. The molecule has 8 aromatic carbocycles. The van der Waals surface area contributed by atoms with Crippen molar-refractivity contribution < 1.29 is 4.42 Å². The zero-order valence-electron chi connectivity index (χ0n) is 28.7. The number of thiazole rings is 1. The Labute approximate surface area is 311 Å². The van der Waals surface area contributed by atoms with Crippen LogP contribution >= 0.6 is 11.3 Å². The highest BCUT2D eigenvalue weighted by molar-refractivity contribution is 7.21. The highest BCUT2D eigenvalue weighted by atomic mass is 32.1. The van der Waals surface area contributed by atoms with Gasteiger partial charge in [0.15, 0.2) is 0 Å². The molecule has 0 amide bonds. The van der Waals surface area contributed by atoms with Crippen LogP contribution in [-0.2, 0) is 0 Å². The molecule has 2 aromatic heterocycles. The van der Waals surface area contributed by atoms with Crippen LogP contribution in [0.25, 0.3) is 76.1 Å². The van der Waals surface area contributed by atoms with E-state index >= 15 is 0 Å². The molecule has 3 nitrogen and oxygen atoms in total. The van der Waals surface area contributed by atoms with E-state index in [2.05, 4.69) is 193 Å². The average Bonchev–Trinajstić information content (AvgIpc) is 3.83. The molecular weight excluding hydrogens is 665 g/mol.